The molecule has 0 fully saturated rings. The Kier molecular flexibility index (Phi) is 3.74. The third kappa shape index (κ3) is 3.12. The molecule has 25 heavy (non-hydrogen) atoms. The van der Waals surface area contributed by atoms with Gasteiger partial charge >= 0.3 is 0 Å². The highest BCUT2D eigenvalue weighted by Gasteiger charge is 2.09. The van der Waals surface area contributed by atoms with Crippen LogP contribution in [0.25, 0.3) is 22.3 Å². The maximum absolute atomic E-state index is 12.3. The number of amides is 1. The molecule has 7 heteroatoms. The number of carbonyl (C=O) groups is 1. The Bertz CT molecular complexity index is 998. The molecule has 0 bridgehead atoms. The van der Waals surface area contributed by atoms with E-state index in [4.69, 9.17) is 0 Å². The third-order valence-electron chi connectivity index (χ3n) is 3.94. The first-order valence-corrected chi connectivity index (χ1v) is 7.88. The van der Waals surface area contributed by atoms with Gasteiger partial charge in [0, 0.05) is 22.3 Å². The van der Waals surface area contributed by atoms with Crippen LogP contribution in [0, 0.1) is 0 Å². The predicted octanol–water partition coefficient (Wildman–Crippen LogP) is 2.29. The van der Waals surface area contributed by atoms with Gasteiger partial charge < -0.3 is 10.3 Å². The molecule has 124 valence electrons. The van der Waals surface area contributed by atoms with Gasteiger partial charge in [-0.2, -0.15) is 4.80 Å². The van der Waals surface area contributed by atoms with Crippen LogP contribution in [-0.4, -0.2) is 31.1 Å². The number of aromatic amines is 1. The van der Waals surface area contributed by atoms with Crippen molar-refractivity contribution >= 4 is 16.8 Å². The summed E-state index contributed by atoms with van der Waals surface area (Å²) in [6.45, 7) is 0.445. The van der Waals surface area contributed by atoms with Crippen LogP contribution >= 0.6 is 0 Å². The number of fused-ring (bicyclic) bond motifs is 1. The summed E-state index contributed by atoms with van der Waals surface area (Å²) in [5, 5.41) is 16.0. The molecule has 0 atom stereocenters. The maximum atomic E-state index is 12.3. The minimum absolute atomic E-state index is 0.127. The number of nitrogens with one attached hydrogen (secondary N) is 2. The molecule has 0 aliphatic heterocycles. The van der Waals surface area contributed by atoms with Gasteiger partial charge in [0.05, 0.1) is 13.6 Å². The van der Waals surface area contributed by atoms with E-state index in [1.807, 2.05) is 42.5 Å². The lowest BCUT2D eigenvalue weighted by molar-refractivity contribution is 0.0950. The normalized spacial score (nSPS) is 10.9. The molecule has 0 spiro atoms. The van der Waals surface area contributed by atoms with E-state index in [-0.39, 0.29) is 5.91 Å². The molecular weight excluding hydrogens is 316 g/mol. The number of aryl methyl sites for hydroxylation is 1. The standard InChI is InChI=1S/C18H16N6O/c1-24-22-17(21-23-24)12-6-8-13(9-7-12)18(25)19-11-15-10-14-4-2-3-5-16(14)20-15/h2-10,20H,11H2,1H3,(H,19,25). The zero-order valence-corrected chi connectivity index (χ0v) is 13.6. The summed E-state index contributed by atoms with van der Waals surface area (Å²) in [7, 11) is 1.71. The van der Waals surface area contributed by atoms with E-state index in [1.165, 1.54) is 4.80 Å². The van der Waals surface area contributed by atoms with E-state index < -0.39 is 0 Å². The van der Waals surface area contributed by atoms with E-state index in [0.717, 1.165) is 22.2 Å². The average Bonchev–Trinajstić information content (AvgIpc) is 3.25. The summed E-state index contributed by atoms with van der Waals surface area (Å²) >= 11 is 0. The monoisotopic (exact) mass is 332 g/mol. The van der Waals surface area contributed by atoms with Crippen molar-refractivity contribution in [2.45, 2.75) is 6.54 Å². The second-order valence-corrected chi connectivity index (χ2v) is 5.74. The fraction of sp³-hybridized carbons (Fsp3) is 0.111. The average molecular weight is 332 g/mol. The van der Waals surface area contributed by atoms with Crippen LogP contribution in [0.15, 0.2) is 54.6 Å². The van der Waals surface area contributed by atoms with Crippen LogP contribution in [0.3, 0.4) is 0 Å². The summed E-state index contributed by atoms with van der Waals surface area (Å²) in [5.41, 5.74) is 3.44. The third-order valence-corrected chi connectivity index (χ3v) is 3.94. The van der Waals surface area contributed by atoms with E-state index in [0.29, 0.717) is 17.9 Å². The first kappa shape index (κ1) is 15.1. The van der Waals surface area contributed by atoms with Crippen molar-refractivity contribution in [3.8, 4) is 11.4 Å². The number of hydrogen-bond donors (Lipinski definition) is 2. The largest absolute Gasteiger partial charge is 0.357 e. The van der Waals surface area contributed by atoms with Gasteiger partial charge in [-0.15, -0.1) is 10.2 Å². The van der Waals surface area contributed by atoms with Crippen LogP contribution in [0.1, 0.15) is 16.1 Å². The zero-order chi connectivity index (χ0) is 17.2. The zero-order valence-electron chi connectivity index (χ0n) is 13.6. The molecule has 1 amide bonds. The minimum Gasteiger partial charge on any atom is -0.357 e. The van der Waals surface area contributed by atoms with Gasteiger partial charge in [0.1, 0.15) is 0 Å². The summed E-state index contributed by atoms with van der Waals surface area (Å²) < 4.78 is 0. The molecule has 0 unspecified atom stereocenters. The Morgan fingerprint density at radius 3 is 2.68 bits per heavy atom. The smallest absolute Gasteiger partial charge is 0.251 e. The van der Waals surface area contributed by atoms with Gasteiger partial charge in [-0.05, 0) is 34.9 Å². The predicted molar refractivity (Wildman–Crippen MR) is 93.7 cm³/mol. The summed E-state index contributed by atoms with van der Waals surface area (Å²) in [6, 6.07) is 17.2. The molecule has 4 aromatic rings. The van der Waals surface area contributed by atoms with Crippen molar-refractivity contribution in [3.05, 3.63) is 65.9 Å². The quantitative estimate of drug-likeness (QED) is 0.600. The van der Waals surface area contributed by atoms with Crippen LogP contribution < -0.4 is 5.32 Å². The Balaban J connectivity index is 1.43. The number of tetrazole rings is 1. The highest BCUT2D eigenvalue weighted by molar-refractivity contribution is 5.94. The van der Waals surface area contributed by atoms with Gasteiger partial charge in [0.25, 0.3) is 5.91 Å². The Morgan fingerprint density at radius 1 is 1.16 bits per heavy atom. The van der Waals surface area contributed by atoms with E-state index in [1.54, 1.807) is 19.2 Å². The van der Waals surface area contributed by atoms with Gasteiger partial charge in [0.2, 0.25) is 5.82 Å². The highest BCUT2D eigenvalue weighted by Crippen LogP contribution is 2.16. The number of hydrogen-bond acceptors (Lipinski definition) is 4. The molecule has 0 saturated heterocycles. The molecular formula is C18H16N6O. The SMILES string of the molecule is Cn1nnc(-c2ccc(C(=O)NCc3cc4ccccc4[nH]3)cc2)n1. The summed E-state index contributed by atoms with van der Waals surface area (Å²) in [4.78, 5) is 17.0. The van der Waals surface area contributed by atoms with E-state index in [9.17, 15) is 4.79 Å². The molecule has 0 saturated carbocycles. The molecule has 2 aromatic carbocycles. The summed E-state index contributed by atoms with van der Waals surface area (Å²) in [6.07, 6.45) is 0. The van der Waals surface area contributed by atoms with Crippen LogP contribution in [0.5, 0.6) is 0 Å². The molecule has 2 N–H and O–H groups in total. The van der Waals surface area contributed by atoms with Crippen molar-refractivity contribution in [1.82, 2.24) is 30.5 Å². The highest BCUT2D eigenvalue weighted by atomic mass is 16.1. The number of para-hydroxylation sites is 1. The van der Waals surface area contributed by atoms with Crippen molar-refractivity contribution in [1.29, 1.82) is 0 Å². The van der Waals surface area contributed by atoms with E-state index in [2.05, 4.69) is 25.7 Å². The fourth-order valence-corrected chi connectivity index (χ4v) is 2.68. The van der Waals surface area contributed by atoms with Gasteiger partial charge in [-0.3, -0.25) is 4.79 Å². The van der Waals surface area contributed by atoms with Crippen LogP contribution in [0.2, 0.25) is 0 Å². The van der Waals surface area contributed by atoms with Crippen molar-refractivity contribution < 1.29 is 4.79 Å². The second-order valence-electron chi connectivity index (χ2n) is 5.74. The van der Waals surface area contributed by atoms with Crippen molar-refractivity contribution in [2.24, 2.45) is 7.05 Å². The van der Waals surface area contributed by atoms with Crippen molar-refractivity contribution in [3.63, 3.8) is 0 Å². The molecule has 0 aliphatic carbocycles. The first-order chi connectivity index (χ1) is 12.2. The number of rotatable bonds is 4. The number of benzene rings is 2. The molecule has 0 aliphatic rings. The first-order valence-electron chi connectivity index (χ1n) is 7.88. The van der Waals surface area contributed by atoms with Gasteiger partial charge in [-0.1, -0.05) is 30.3 Å². The second kappa shape index (κ2) is 6.20. The molecule has 2 heterocycles. The molecule has 7 nitrogen and oxygen atoms in total. The minimum atomic E-state index is -0.127. The molecule has 2 aromatic heterocycles. The number of aromatic nitrogens is 5. The Morgan fingerprint density at radius 2 is 1.96 bits per heavy atom. The Hall–Kier alpha value is -3.48. The maximum Gasteiger partial charge on any atom is 0.251 e. The number of carbonyl (C=O) groups excluding carboxylic acids is 1. The Labute approximate surface area is 143 Å². The van der Waals surface area contributed by atoms with Crippen LogP contribution in [0.4, 0.5) is 0 Å². The van der Waals surface area contributed by atoms with Crippen molar-refractivity contribution in [2.75, 3.05) is 0 Å². The summed E-state index contributed by atoms with van der Waals surface area (Å²) in [5.74, 6) is 0.407. The van der Waals surface area contributed by atoms with Gasteiger partial charge in [0.15, 0.2) is 0 Å². The molecule has 0 radical (unpaired) electrons. The number of H-pyrrole nitrogens is 1. The molecule has 4 rings (SSSR count). The number of nitrogens with zero attached hydrogens (tertiary/aromatic N) is 4. The topological polar surface area (TPSA) is 88.5 Å². The van der Waals surface area contributed by atoms with Gasteiger partial charge in [-0.25, -0.2) is 0 Å². The van der Waals surface area contributed by atoms with E-state index >= 15 is 0 Å². The van der Waals surface area contributed by atoms with Crippen LogP contribution in [-0.2, 0) is 13.6 Å². The lowest BCUT2D eigenvalue weighted by Crippen LogP contribution is -2.22. The fourth-order valence-electron chi connectivity index (χ4n) is 2.68. The lowest BCUT2D eigenvalue weighted by Gasteiger charge is -2.04. The lowest BCUT2D eigenvalue weighted by atomic mass is 10.1.